The van der Waals surface area contributed by atoms with Gasteiger partial charge in [0.15, 0.2) is 0 Å². The molecule has 0 aliphatic carbocycles. The highest BCUT2D eigenvalue weighted by Crippen LogP contribution is 2.36. The summed E-state index contributed by atoms with van der Waals surface area (Å²) in [6, 6.07) is 17.2. The third kappa shape index (κ3) is 2.92. The fourth-order valence-corrected chi connectivity index (χ4v) is 2.66. The Morgan fingerprint density at radius 2 is 1.59 bits per heavy atom. The predicted molar refractivity (Wildman–Crippen MR) is 92.9 cm³/mol. The van der Waals surface area contributed by atoms with Crippen LogP contribution in [0.2, 0.25) is 10.0 Å². The molecule has 0 fully saturated rings. The largest absolute Gasteiger partial charge is 0.308 e. The number of nitrogen functional groups attached to an aromatic ring is 1. The SMILES string of the molecule is NNc1cc(-c2ccc(Cl)cc2)c(-c2ccccc2Cl)cn1. The Balaban J connectivity index is 2.22. The van der Waals surface area contributed by atoms with Crippen LogP contribution in [0.15, 0.2) is 60.8 Å². The van der Waals surface area contributed by atoms with Crippen LogP contribution >= 0.6 is 23.2 Å². The second kappa shape index (κ2) is 6.36. The average Bonchev–Trinajstić information content (AvgIpc) is 2.56. The molecular weight excluding hydrogens is 317 g/mol. The molecule has 3 nitrogen and oxygen atoms in total. The van der Waals surface area contributed by atoms with E-state index in [0.717, 1.165) is 22.3 Å². The quantitative estimate of drug-likeness (QED) is 0.524. The number of halogens is 2. The van der Waals surface area contributed by atoms with Gasteiger partial charge in [0, 0.05) is 27.4 Å². The summed E-state index contributed by atoms with van der Waals surface area (Å²) in [7, 11) is 0. The number of nitrogens with zero attached hydrogens (tertiary/aromatic N) is 1. The molecule has 22 heavy (non-hydrogen) atoms. The summed E-state index contributed by atoms with van der Waals surface area (Å²) in [6.45, 7) is 0. The van der Waals surface area contributed by atoms with Gasteiger partial charge in [-0.1, -0.05) is 53.5 Å². The van der Waals surface area contributed by atoms with Gasteiger partial charge in [-0.05, 0) is 35.4 Å². The van der Waals surface area contributed by atoms with Gasteiger partial charge in [-0.3, -0.25) is 0 Å². The van der Waals surface area contributed by atoms with Crippen molar-refractivity contribution in [1.29, 1.82) is 0 Å². The topological polar surface area (TPSA) is 50.9 Å². The van der Waals surface area contributed by atoms with Crippen LogP contribution in [0.25, 0.3) is 22.3 Å². The van der Waals surface area contributed by atoms with Crippen molar-refractivity contribution in [3.8, 4) is 22.3 Å². The molecule has 0 amide bonds. The summed E-state index contributed by atoms with van der Waals surface area (Å²) in [5.41, 5.74) is 6.42. The summed E-state index contributed by atoms with van der Waals surface area (Å²) >= 11 is 12.3. The molecule has 3 aromatic rings. The standard InChI is InChI=1S/C17H13Cl2N3/c18-12-7-5-11(6-8-12)14-9-17(22-20)21-10-15(14)13-3-1-2-4-16(13)19/h1-10H,20H2,(H,21,22). The Kier molecular flexibility index (Phi) is 4.29. The third-order valence-electron chi connectivity index (χ3n) is 3.37. The van der Waals surface area contributed by atoms with E-state index < -0.39 is 0 Å². The van der Waals surface area contributed by atoms with Crippen molar-refractivity contribution < 1.29 is 0 Å². The molecule has 3 N–H and O–H groups in total. The zero-order valence-electron chi connectivity index (χ0n) is 11.6. The van der Waals surface area contributed by atoms with Gasteiger partial charge in [-0.15, -0.1) is 0 Å². The minimum Gasteiger partial charge on any atom is -0.308 e. The maximum atomic E-state index is 6.33. The van der Waals surface area contributed by atoms with Crippen LogP contribution in [0.3, 0.4) is 0 Å². The summed E-state index contributed by atoms with van der Waals surface area (Å²) in [4.78, 5) is 4.30. The number of nitrogens with two attached hydrogens (primary N) is 1. The fourth-order valence-electron chi connectivity index (χ4n) is 2.30. The van der Waals surface area contributed by atoms with Crippen LogP contribution < -0.4 is 11.3 Å². The van der Waals surface area contributed by atoms with E-state index in [4.69, 9.17) is 29.0 Å². The van der Waals surface area contributed by atoms with E-state index in [2.05, 4.69) is 10.4 Å². The second-order valence-corrected chi connectivity index (χ2v) is 5.59. The highest BCUT2D eigenvalue weighted by atomic mass is 35.5. The summed E-state index contributed by atoms with van der Waals surface area (Å²) < 4.78 is 0. The van der Waals surface area contributed by atoms with Gasteiger partial charge in [0.1, 0.15) is 5.82 Å². The molecule has 110 valence electrons. The van der Waals surface area contributed by atoms with Crippen molar-refractivity contribution in [3.63, 3.8) is 0 Å². The highest BCUT2D eigenvalue weighted by Gasteiger charge is 2.12. The number of rotatable bonds is 3. The number of aromatic nitrogens is 1. The van der Waals surface area contributed by atoms with Crippen molar-refractivity contribution in [2.45, 2.75) is 0 Å². The first kappa shape index (κ1) is 14.9. The lowest BCUT2D eigenvalue weighted by molar-refractivity contribution is 1.23. The molecule has 0 saturated heterocycles. The highest BCUT2D eigenvalue weighted by molar-refractivity contribution is 6.33. The molecule has 0 saturated carbocycles. The Hall–Kier alpha value is -2.07. The van der Waals surface area contributed by atoms with E-state index >= 15 is 0 Å². The van der Waals surface area contributed by atoms with E-state index in [1.807, 2.05) is 54.6 Å². The minimum absolute atomic E-state index is 0.584. The molecule has 0 spiro atoms. The van der Waals surface area contributed by atoms with Gasteiger partial charge in [0.25, 0.3) is 0 Å². The summed E-state index contributed by atoms with van der Waals surface area (Å²) in [6.07, 6.45) is 1.76. The Morgan fingerprint density at radius 3 is 2.27 bits per heavy atom. The average molecular weight is 330 g/mol. The van der Waals surface area contributed by atoms with Gasteiger partial charge in [0.2, 0.25) is 0 Å². The lowest BCUT2D eigenvalue weighted by atomic mass is 9.96. The molecule has 0 bridgehead atoms. The molecule has 5 heteroatoms. The first-order chi connectivity index (χ1) is 10.7. The monoisotopic (exact) mass is 329 g/mol. The molecule has 1 aromatic heterocycles. The zero-order valence-corrected chi connectivity index (χ0v) is 13.1. The summed E-state index contributed by atoms with van der Waals surface area (Å²) in [5, 5.41) is 1.36. The third-order valence-corrected chi connectivity index (χ3v) is 3.95. The maximum absolute atomic E-state index is 6.33. The van der Waals surface area contributed by atoms with Crippen LogP contribution in [-0.2, 0) is 0 Å². The van der Waals surface area contributed by atoms with Gasteiger partial charge in [-0.2, -0.15) is 0 Å². The number of anilines is 1. The summed E-state index contributed by atoms with van der Waals surface area (Å²) in [5.74, 6) is 6.06. The number of hydrazine groups is 1. The molecular formula is C17H13Cl2N3. The number of benzene rings is 2. The van der Waals surface area contributed by atoms with E-state index in [9.17, 15) is 0 Å². The molecule has 0 radical (unpaired) electrons. The van der Waals surface area contributed by atoms with Crippen LogP contribution in [0.4, 0.5) is 5.82 Å². The van der Waals surface area contributed by atoms with Gasteiger partial charge in [0.05, 0.1) is 0 Å². The van der Waals surface area contributed by atoms with Crippen molar-refractivity contribution in [1.82, 2.24) is 4.98 Å². The van der Waals surface area contributed by atoms with Crippen molar-refractivity contribution >= 4 is 29.0 Å². The van der Waals surface area contributed by atoms with E-state index in [1.165, 1.54) is 0 Å². The maximum Gasteiger partial charge on any atom is 0.140 e. The first-order valence-corrected chi connectivity index (χ1v) is 7.42. The first-order valence-electron chi connectivity index (χ1n) is 6.66. The minimum atomic E-state index is 0.584. The lowest BCUT2D eigenvalue weighted by Crippen LogP contribution is -2.08. The number of pyridine rings is 1. The molecule has 1 heterocycles. The number of nitrogens with one attached hydrogen (secondary N) is 1. The molecule has 0 aliphatic rings. The predicted octanol–water partition coefficient (Wildman–Crippen LogP) is 5.01. The lowest BCUT2D eigenvalue weighted by Gasteiger charge is -2.13. The van der Waals surface area contributed by atoms with E-state index in [-0.39, 0.29) is 0 Å². The molecule has 0 aliphatic heterocycles. The molecule has 2 aromatic carbocycles. The molecule has 3 rings (SSSR count). The smallest absolute Gasteiger partial charge is 0.140 e. The Bertz CT molecular complexity index is 801. The van der Waals surface area contributed by atoms with Crippen LogP contribution in [0.5, 0.6) is 0 Å². The van der Waals surface area contributed by atoms with Crippen LogP contribution in [0, 0.1) is 0 Å². The van der Waals surface area contributed by atoms with Crippen molar-refractivity contribution in [3.05, 3.63) is 70.8 Å². The number of hydrogen-bond donors (Lipinski definition) is 2. The van der Waals surface area contributed by atoms with Crippen LogP contribution in [0.1, 0.15) is 0 Å². The van der Waals surface area contributed by atoms with E-state index in [1.54, 1.807) is 6.20 Å². The normalized spacial score (nSPS) is 10.5. The van der Waals surface area contributed by atoms with Gasteiger partial charge >= 0.3 is 0 Å². The van der Waals surface area contributed by atoms with Crippen molar-refractivity contribution in [2.24, 2.45) is 5.84 Å². The van der Waals surface area contributed by atoms with Crippen molar-refractivity contribution in [2.75, 3.05) is 5.43 Å². The fraction of sp³-hybridized carbons (Fsp3) is 0. The van der Waals surface area contributed by atoms with Crippen LogP contribution in [-0.4, -0.2) is 4.98 Å². The Labute approximate surface area is 138 Å². The van der Waals surface area contributed by atoms with Gasteiger partial charge < -0.3 is 5.43 Å². The zero-order chi connectivity index (χ0) is 15.5. The second-order valence-electron chi connectivity index (χ2n) is 4.75. The molecule has 0 atom stereocenters. The van der Waals surface area contributed by atoms with E-state index in [0.29, 0.717) is 15.9 Å². The number of hydrogen-bond acceptors (Lipinski definition) is 3. The Morgan fingerprint density at radius 1 is 0.864 bits per heavy atom. The molecule has 0 unspecified atom stereocenters. The van der Waals surface area contributed by atoms with Gasteiger partial charge in [-0.25, -0.2) is 10.8 Å².